The Kier molecular flexibility index (Phi) is 7.50. The molecule has 0 aromatic heterocycles. The average Bonchev–Trinajstić information content (AvgIpc) is 3.12. The molecule has 2 aromatic carbocycles. The number of carboxylic acid groups (broad SMARTS) is 1. The summed E-state index contributed by atoms with van der Waals surface area (Å²) in [4.78, 5) is 36.3. The second kappa shape index (κ2) is 10.5. The molecule has 1 unspecified atom stereocenters. The number of alkyl carbamates (subject to hydrolysis) is 1. The van der Waals surface area contributed by atoms with Gasteiger partial charge in [-0.1, -0.05) is 55.5 Å². The van der Waals surface area contributed by atoms with Gasteiger partial charge in [-0.2, -0.15) is 0 Å². The zero-order chi connectivity index (χ0) is 23.1. The van der Waals surface area contributed by atoms with Crippen molar-refractivity contribution in [2.75, 3.05) is 6.61 Å². The van der Waals surface area contributed by atoms with E-state index >= 15 is 0 Å². The zero-order valence-electron chi connectivity index (χ0n) is 18.1. The molecule has 2 amide bonds. The highest BCUT2D eigenvalue weighted by Crippen LogP contribution is 2.44. The molecule has 0 heterocycles. The van der Waals surface area contributed by atoms with E-state index in [1.165, 1.54) is 0 Å². The largest absolute Gasteiger partial charge is 0.480 e. The van der Waals surface area contributed by atoms with E-state index in [1.807, 2.05) is 48.5 Å². The van der Waals surface area contributed by atoms with E-state index in [2.05, 4.69) is 22.5 Å². The molecule has 0 fully saturated rings. The normalized spacial score (nSPS) is 13.6. The number of carboxylic acids is 1. The summed E-state index contributed by atoms with van der Waals surface area (Å²) in [5, 5.41) is 14.2. The Morgan fingerprint density at radius 2 is 1.59 bits per heavy atom. The van der Waals surface area contributed by atoms with Crippen LogP contribution < -0.4 is 10.6 Å². The van der Waals surface area contributed by atoms with Crippen molar-refractivity contribution >= 4 is 18.0 Å². The highest BCUT2D eigenvalue weighted by atomic mass is 16.5. The maximum atomic E-state index is 12.5. The van der Waals surface area contributed by atoms with Gasteiger partial charge in [-0.25, -0.2) is 9.59 Å². The number of carbonyl (C=O) groups excluding carboxylic acids is 2. The van der Waals surface area contributed by atoms with Crippen LogP contribution in [0, 0.1) is 11.8 Å². The first-order valence-electron chi connectivity index (χ1n) is 10.5. The highest BCUT2D eigenvalue weighted by Gasteiger charge is 2.30. The maximum absolute atomic E-state index is 12.5. The predicted octanol–water partition coefficient (Wildman–Crippen LogP) is 3.29. The summed E-state index contributed by atoms with van der Waals surface area (Å²) in [5.41, 5.74) is 4.43. The van der Waals surface area contributed by atoms with E-state index in [9.17, 15) is 19.5 Å². The molecule has 166 valence electrons. The van der Waals surface area contributed by atoms with Gasteiger partial charge in [0.2, 0.25) is 5.91 Å². The fourth-order valence-electron chi connectivity index (χ4n) is 3.81. The third kappa shape index (κ3) is 5.09. The van der Waals surface area contributed by atoms with Gasteiger partial charge in [0.25, 0.3) is 0 Å². The van der Waals surface area contributed by atoms with Crippen LogP contribution in [0.15, 0.2) is 48.5 Å². The number of fused-ring (bicyclic) bond motifs is 3. The molecule has 32 heavy (non-hydrogen) atoms. The molecule has 0 spiro atoms. The van der Waals surface area contributed by atoms with Crippen LogP contribution in [0.4, 0.5) is 4.79 Å². The van der Waals surface area contributed by atoms with Gasteiger partial charge >= 0.3 is 12.1 Å². The van der Waals surface area contributed by atoms with Crippen molar-refractivity contribution < 1.29 is 24.2 Å². The van der Waals surface area contributed by atoms with Gasteiger partial charge in [0, 0.05) is 12.3 Å². The van der Waals surface area contributed by atoms with Crippen LogP contribution in [0.25, 0.3) is 11.1 Å². The van der Waals surface area contributed by atoms with E-state index in [0.717, 1.165) is 22.3 Å². The van der Waals surface area contributed by atoms with Crippen molar-refractivity contribution in [1.82, 2.24) is 10.6 Å². The van der Waals surface area contributed by atoms with Crippen molar-refractivity contribution in [3.8, 4) is 23.0 Å². The summed E-state index contributed by atoms with van der Waals surface area (Å²) in [6.45, 7) is 3.44. The smallest absolute Gasteiger partial charge is 0.407 e. The minimum absolute atomic E-state index is 0.0149. The van der Waals surface area contributed by atoms with Gasteiger partial charge in [-0.05, 0) is 35.6 Å². The second-order valence-corrected chi connectivity index (χ2v) is 7.46. The molecule has 3 N–H and O–H groups in total. The third-order valence-corrected chi connectivity index (χ3v) is 5.46. The first kappa shape index (κ1) is 22.9. The van der Waals surface area contributed by atoms with Gasteiger partial charge in [-0.15, -0.1) is 11.8 Å². The molecule has 0 saturated carbocycles. The lowest BCUT2D eigenvalue weighted by Crippen LogP contribution is -2.51. The van der Waals surface area contributed by atoms with Gasteiger partial charge in [0.15, 0.2) is 0 Å². The summed E-state index contributed by atoms with van der Waals surface area (Å²) >= 11 is 0. The lowest BCUT2D eigenvalue weighted by Gasteiger charge is -2.20. The first-order valence-corrected chi connectivity index (χ1v) is 10.5. The molecule has 0 saturated heterocycles. The molecule has 1 aliphatic rings. The number of aliphatic carboxylic acids is 1. The summed E-state index contributed by atoms with van der Waals surface area (Å²) in [7, 11) is 0. The molecule has 2 atom stereocenters. The Hall–Kier alpha value is -3.79. The molecule has 7 nitrogen and oxygen atoms in total. The molecule has 0 radical (unpaired) electrons. The van der Waals surface area contributed by atoms with Crippen molar-refractivity contribution in [2.24, 2.45) is 0 Å². The quantitative estimate of drug-likeness (QED) is 0.553. The Balaban J connectivity index is 1.62. The van der Waals surface area contributed by atoms with Crippen molar-refractivity contribution in [3.63, 3.8) is 0 Å². The lowest BCUT2D eigenvalue weighted by atomic mass is 9.98. The molecular weight excluding hydrogens is 408 g/mol. The Labute approximate surface area is 187 Å². The van der Waals surface area contributed by atoms with Crippen LogP contribution in [-0.2, 0) is 14.3 Å². The Morgan fingerprint density at radius 3 is 2.12 bits per heavy atom. The van der Waals surface area contributed by atoms with Crippen LogP contribution in [0.2, 0.25) is 0 Å². The Morgan fingerprint density at radius 1 is 1.00 bits per heavy atom. The maximum Gasteiger partial charge on any atom is 0.407 e. The standard InChI is InChI=1S/C25H26N2O5/c1-3-5-14-22(24(29)30)26-23(28)21(4-2)27-25(31)32-15-20-18-12-8-6-10-16(18)17-11-7-9-13-19(17)20/h6-13,20-22H,4,14-15H2,1-2H3,(H,26,28)(H,27,31)(H,29,30)/t21-,22?/m1/s1. The first-order chi connectivity index (χ1) is 15.5. The number of hydrogen-bond acceptors (Lipinski definition) is 4. The van der Waals surface area contributed by atoms with E-state index < -0.39 is 30.1 Å². The number of nitrogens with one attached hydrogen (secondary N) is 2. The fourth-order valence-corrected chi connectivity index (χ4v) is 3.81. The molecule has 0 aliphatic heterocycles. The summed E-state index contributed by atoms with van der Waals surface area (Å²) < 4.78 is 5.47. The van der Waals surface area contributed by atoms with E-state index in [1.54, 1.807) is 13.8 Å². The van der Waals surface area contributed by atoms with Crippen LogP contribution >= 0.6 is 0 Å². The fraction of sp³-hybridized carbons (Fsp3) is 0.320. The van der Waals surface area contributed by atoms with Crippen molar-refractivity contribution in [1.29, 1.82) is 0 Å². The van der Waals surface area contributed by atoms with Crippen molar-refractivity contribution in [2.45, 2.75) is 44.7 Å². The van der Waals surface area contributed by atoms with Crippen LogP contribution in [0.5, 0.6) is 0 Å². The van der Waals surface area contributed by atoms with Gasteiger partial charge in [0.05, 0.1) is 0 Å². The van der Waals surface area contributed by atoms with Crippen LogP contribution in [0.1, 0.15) is 43.7 Å². The number of carbonyl (C=O) groups is 3. The number of ether oxygens (including phenoxy) is 1. The topological polar surface area (TPSA) is 105 Å². The molecule has 7 heteroatoms. The van der Waals surface area contributed by atoms with E-state index in [-0.39, 0.29) is 25.4 Å². The summed E-state index contributed by atoms with van der Waals surface area (Å²) in [5.74, 6) is 3.38. The molecular formula is C25H26N2O5. The minimum Gasteiger partial charge on any atom is -0.480 e. The van der Waals surface area contributed by atoms with Gasteiger partial charge in [0.1, 0.15) is 18.7 Å². The van der Waals surface area contributed by atoms with Gasteiger partial charge < -0.3 is 20.5 Å². The summed E-state index contributed by atoms with van der Waals surface area (Å²) in [6, 6.07) is 14.0. The molecule has 3 rings (SSSR count). The monoisotopic (exact) mass is 434 g/mol. The Bertz CT molecular complexity index is 1020. The molecule has 2 aromatic rings. The van der Waals surface area contributed by atoms with Crippen LogP contribution in [0.3, 0.4) is 0 Å². The SMILES string of the molecule is CC#CCC(NC(=O)[C@@H](CC)NC(=O)OCC1c2ccccc2-c2ccccc21)C(=O)O. The predicted molar refractivity (Wildman–Crippen MR) is 120 cm³/mol. The number of benzene rings is 2. The van der Waals surface area contributed by atoms with Crippen LogP contribution in [-0.4, -0.2) is 41.8 Å². The lowest BCUT2D eigenvalue weighted by molar-refractivity contribution is -0.141. The van der Waals surface area contributed by atoms with Crippen molar-refractivity contribution in [3.05, 3.63) is 59.7 Å². The average molecular weight is 434 g/mol. The van der Waals surface area contributed by atoms with E-state index in [0.29, 0.717) is 0 Å². The minimum atomic E-state index is -1.18. The number of amides is 2. The highest BCUT2D eigenvalue weighted by molar-refractivity contribution is 5.89. The summed E-state index contributed by atoms with van der Waals surface area (Å²) in [6.07, 6.45) is -0.463. The number of hydrogen-bond donors (Lipinski definition) is 3. The second-order valence-electron chi connectivity index (χ2n) is 7.46. The molecule has 0 bridgehead atoms. The third-order valence-electron chi connectivity index (χ3n) is 5.46. The number of rotatable bonds is 8. The van der Waals surface area contributed by atoms with E-state index in [4.69, 9.17) is 4.74 Å². The zero-order valence-corrected chi connectivity index (χ0v) is 18.1. The molecule has 1 aliphatic carbocycles. The van der Waals surface area contributed by atoms with Gasteiger partial charge in [-0.3, -0.25) is 4.79 Å².